The van der Waals surface area contributed by atoms with E-state index in [1.807, 2.05) is 4.90 Å². The van der Waals surface area contributed by atoms with E-state index in [4.69, 9.17) is 5.26 Å². The highest BCUT2D eigenvalue weighted by Gasteiger charge is 2.26. The van der Waals surface area contributed by atoms with Crippen LogP contribution in [0.15, 0.2) is 11.7 Å². The summed E-state index contributed by atoms with van der Waals surface area (Å²) in [6, 6.07) is 2.35. The molecule has 102 valence electrons. The molecule has 0 saturated carbocycles. The molecule has 6 heteroatoms. The van der Waals surface area contributed by atoms with Crippen LogP contribution in [0.5, 0.6) is 0 Å². The highest BCUT2D eigenvalue weighted by molar-refractivity contribution is 7.11. The molecule has 1 atom stereocenters. The van der Waals surface area contributed by atoms with E-state index < -0.39 is 0 Å². The van der Waals surface area contributed by atoms with Gasteiger partial charge in [0.05, 0.1) is 23.8 Å². The average Bonchev–Trinajstić information content (AvgIpc) is 2.98. The summed E-state index contributed by atoms with van der Waals surface area (Å²) in [5.41, 5.74) is 1.68. The Morgan fingerprint density at radius 1 is 1.53 bits per heavy atom. The standard InChI is InChI=1S/C13H18N4OS/c1-2-3-11(8-14)16-4-6-17(7-5-16)13(18)12-9-15-10-19-12/h9-11H,2-7H2,1H3. The Hall–Kier alpha value is -1.45. The molecule has 2 rings (SSSR count). The smallest absolute Gasteiger partial charge is 0.265 e. The fourth-order valence-corrected chi connectivity index (χ4v) is 2.90. The van der Waals surface area contributed by atoms with Crippen molar-refractivity contribution >= 4 is 17.2 Å². The van der Waals surface area contributed by atoms with Gasteiger partial charge in [-0.2, -0.15) is 5.26 Å². The third kappa shape index (κ3) is 3.31. The quantitative estimate of drug-likeness (QED) is 0.839. The summed E-state index contributed by atoms with van der Waals surface area (Å²) in [7, 11) is 0. The lowest BCUT2D eigenvalue weighted by molar-refractivity contribution is 0.0605. The summed E-state index contributed by atoms with van der Waals surface area (Å²) in [6.07, 6.45) is 3.53. The number of carbonyl (C=O) groups is 1. The Balaban J connectivity index is 1.89. The Kier molecular flexibility index (Phi) is 4.88. The molecule has 19 heavy (non-hydrogen) atoms. The van der Waals surface area contributed by atoms with Crippen LogP contribution in [-0.4, -0.2) is 52.9 Å². The maximum Gasteiger partial charge on any atom is 0.265 e. The molecule has 1 aromatic heterocycles. The van der Waals surface area contributed by atoms with Gasteiger partial charge in [0, 0.05) is 26.2 Å². The van der Waals surface area contributed by atoms with Crippen molar-refractivity contribution in [1.29, 1.82) is 5.26 Å². The largest absolute Gasteiger partial charge is 0.335 e. The first-order chi connectivity index (χ1) is 9.26. The fourth-order valence-electron chi connectivity index (χ4n) is 2.32. The number of hydrogen-bond donors (Lipinski definition) is 0. The topological polar surface area (TPSA) is 60.2 Å². The van der Waals surface area contributed by atoms with Crippen LogP contribution in [0.25, 0.3) is 0 Å². The first kappa shape index (κ1) is 14.0. The van der Waals surface area contributed by atoms with E-state index in [0.29, 0.717) is 18.0 Å². The molecule has 0 aromatic carbocycles. The first-order valence-corrected chi connectivity index (χ1v) is 7.45. The van der Waals surface area contributed by atoms with Gasteiger partial charge in [-0.1, -0.05) is 13.3 Å². The Morgan fingerprint density at radius 2 is 2.26 bits per heavy atom. The van der Waals surface area contributed by atoms with Crippen molar-refractivity contribution in [3.63, 3.8) is 0 Å². The van der Waals surface area contributed by atoms with E-state index in [2.05, 4.69) is 22.9 Å². The minimum Gasteiger partial charge on any atom is -0.335 e. The molecule has 1 aromatic rings. The number of amides is 1. The van der Waals surface area contributed by atoms with Gasteiger partial charge in [0.2, 0.25) is 0 Å². The average molecular weight is 278 g/mol. The zero-order valence-electron chi connectivity index (χ0n) is 11.1. The van der Waals surface area contributed by atoms with Gasteiger partial charge >= 0.3 is 0 Å². The van der Waals surface area contributed by atoms with Crippen molar-refractivity contribution in [2.75, 3.05) is 26.2 Å². The number of carbonyl (C=O) groups excluding carboxylic acids is 1. The second kappa shape index (κ2) is 6.64. The molecule has 1 amide bonds. The summed E-state index contributed by atoms with van der Waals surface area (Å²) >= 11 is 1.38. The molecule has 5 nitrogen and oxygen atoms in total. The van der Waals surface area contributed by atoms with Gasteiger partial charge in [-0.3, -0.25) is 14.7 Å². The third-order valence-electron chi connectivity index (χ3n) is 3.40. The first-order valence-electron chi connectivity index (χ1n) is 6.57. The highest BCUT2D eigenvalue weighted by Crippen LogP contribution is 2.14. The van der Waals surface area contributed by atoms with Gasteiger partial charge in [0.15, 0.2) is 0 Å². The lowest BCUT2D eigenvalue weighted by atomic mass is 10.1. The van der Waals surface area contributed by atoms with Gasteiger partial charge in [-0.05, 0) is 6.42 Å². The van der Waals surface area contributed by atoms with Crippen molar-refractivity contribution in [3.8, 4) is 6.07 Å². The van der Waals surface area contributed by atoms with Crippen molar-refractivity contribution < 1.29 is 4.79 Å². The van der Waals surface area contributed by atoms with E-state index in [-0.39, 0.29) is 11.9 Å². The maximum atomic E-state index is 12.1. The zero-order chi connectivity index (χ0) is 13.7. The van der Waals surface area contributed by atoms with Crippen LogP contribution in [0.1, 0.15) is 29.4 Å². The van der Waals surface area contributed by atoms with Crippen molar-refractivity contribution in [2.24, 2.45) is 0 Å². The van der Waals surface area contributed by atoms with Crippen LogP contribution in [0.2, 0.25) is 0 Å². The van der Waals surface area contributed by atoms with E-state index in [0.717, 1.165) is 25.9 Å². The van der Waals surface area contributed by atoms with E-state index >= 15 is 0 Å². The molecule has 0 aliphatic carbocycles. The second-order valence-corrected chi connectivity index (χ2v) is 5.51. The predicted octanol–water partition coefficient (Wildman–Crippen LogP) is 1.59. The molecule has 0 bridgehead atoms. The molecule has 0 radical (unpaired) electrons. The van der Waals surface area contributed by atoms with Crippen LogP contribution in [0, 0.1) is 11.3 Å². The fraction of sp³-hybridized carbons (Fsp3) is 0.615. The summed E-state index contributed by atoms with van der Waals surface area (Å²) in [4.78, 5) is 20.8. The molecule has 1 aliphatic rings. The Bertz CT molecular complexity index is 446. The van der Waals surface area contributed by atoms with Gasteiger partial charge in [0.25, 0.3) is 5.91 Å². The third-order valence-corrected chi connectivity index (χ3v) is 4.16. The summed E-state index contributed by atoms with van der Waals surface area (Å²) in [5, 5.41) is 9.16. The summed E-state index contributed by atoms with van der Waals surface area (Å²) in [6.45, 7) is 5.04. The number of aromatic nitrogens is 1. The lowest BCUT2D eigenvalue weighted by Crippen LogP contribution is -2.51. The SMILES string of the molecule is CCCC(C#N)N1CCN(C(=O)c2cncs2)CC1. The van der Waals surface area contributed by atoms with Crippen molar-refractivity contribution in [2.45, 2.75) is 25.8 Å². The molecule has 1 unspecified atom stereocenters. The van der Waals surface area contributed by atoms with Crippen LogP contribution >= 0.6 is 11.3 Å². The molecule has 0 spiro atoms. The molecular formula is C13H18N4OS. The Labute approximate surface area is 117 Å². The zero-order valence-corrected chi connectivity index (χ0v) is 11.9. The number of piperazine rings is 1. The number of rotatable bonds is 4. The normalized spacial score (nSPS) is 18.0. The van der Waals surface area contributed by atoms with E-state index in [1.165, 1.54) is 11.3 Å². The summed E-state index contributed by atoms with van der Waals surface area (Å²) in [5.74, 6) is 0.0612. The van der Waals surface area contributed by atoms with Gasteiger partial charge in [-0.25, -0.2) is 0 Å². The van der Waals surface area contributed by atoms with E-state index in [9.17, 15) is 4.79 Å². The molecule has 0 N–H and O–H groups in total. The molecular weight excluding hydrogens is 260 g/mol. The van der Waals surface area contributed by atoms with Crippen molar-refractivity contribution in [3.05, 3.63) is 16.6 Å². The number of thiazole rings is 1. The summed E-state index contributed by atoms with van der Waals surface area (Å²) < 4.78 is 0. The minimum atomic E-state index is -0.00865. The monoisotopic (exact) mass is 278 g/mol. The molecule has 1 fully saturated rings. The molecule has 2 heterocycles. The predicted molar refractivity (Wildman–Crippen MR) is 73.9 cm³/mol. The number of nitriles is 1. The minimum absolute atomic E-state index is 0.00865. The highest BCUT2D eigenvalue weighted by atomic mass is 32.1. The van der Waals surface area contributed by atoms with Gasteiger partial charge < -0.3 is 4.90 Å². The number of hydrogen-bond acceptors (Lipinski definition) is 5. The van der Waals surface area contributed by atoms with Crippen LogP contribution < -0.4 is 0 Å². The van der Waals surface area contributed by atoms with Crippen LogP contribution in [0.4, 0.5) is 0 Å². The lowest BCUT2D eigenvalue weighted by Gasteiger charge is -2.36. The molecule has 1 aliphatic heterocycles. The molecule has 1 saturated heterocycles. The number of nitrogens with zero attached hydrogens (tertiary/aromatic N) is 4. The maximum absolute atomic E-state index is 12.1. The second-order valence-electron chi connectivity index (χ2n) is 4.63. The van der Waals surface area contributed by atoms with Crippen LogP contribution in [0.3, 0.4) is 0 Å². The Morgan fingerprint density at radius 3 is 2.79 bits per heavy atom. The van der Waals surface area contributed by atoms with Gasteiger partial charge in [0.1, 0.15) is 4.88 Å². The van der Waals surface area contributed by atoms with Gasteiger partial charge in [-0.15, -0.1) is 11.3 Å². The van der Waals surface area contributed by atoms with E-state index in [1.54, 1.807) is 11.7 Å². The van der Waals surface area contributed by atoms with Crippen LogP contribution in [-0.2, 0) is 0 Å². The van der Waals surface area contributed by atoms with Crippen molar-refractivity contribution in [1.82, 2.24) is 14.8 Å².